The number of amides is 1. The molecule has 0 saturated carbocycles. The monoisotopic (exact) mass is 330 g/mol. The lowest BCUT2D eigenvalue weighted by Gasteiger charge is -2.32. The predicted molar refractivity (Wildman–Crippen MR) is 86.7 cm³/mol. The lowest BCUT2D eigenvalue weighted by atomic mass is 9.98. The average molecular weight is 330 g/mol. The highest BCUT2D eigenvalue weighted by Gasteiger charge is 2.19. The maximum Gasteiger partial charge on any atom is 0.246 e. The van der Waals surface area contributed by atoms with Gasteiger partial charge in [0, 0.05) is 24.9 Å². The number of carbonyl (C=O) groups is 1. The molecule has 8 heteroatoms. The van der Waals surface area contributed by atoms with Gasteiger partial charge < -0.3 is 14.7 Å². The Hall–Kier alpha value is -2.35. The highest BCUT2D eigenvalue weighted by molar-refractivity contribution is 5.75. The molecule has 0 bridgehead atoms. The van der Waals surface area contributed by atoms with Crippen LogP contribution < -0.4 is 5.32 Å². The molecule has 2 aromatic rings. The summed E-state index contributed by atoms with van der Waals surface area (Å²) in [5.74, 6) is 1.08. The molecule has 0 unspecified atom stereocenters. The molecule has 1 atom stereocenters. The molecule has 0 aromatic carbocycles. The third-order valence-corrected chi connectivity index (χ3v) is 4.30. The first-order valence-corrected chi connectivity index (χ1v) is 8.29. The van der Waals surface area contributed by atoms with Crippen LogP contribution in [-0.2, 0) is 11.3 Å². The number of hydrogen-bond donors (Lipinski definition) is 1. The van der Waals surface area contributed by atoms with Crippen LogP contribution in [0.5, 0.6) is 0 Å². The Kier molecular flexibility index (Phi) is 5.47. The van der Waals surface area contributed by atoms with Crippen molar-refractivity contribution < 1.29 is 9.32 Å². The lowest BCUT2D eigenvalue weighted by molar-refractivity contribution is -0.121. The Morgan fingerprint density at radius 3 is 2.96 bits per heavy atom. The van der Waals surface area contributed by atoms with E-state index in [0.717, 1.165) is 13.0 Å². The molecular weight excluding hydrogens is 308 g/mol. The van der Waals surface area contributed by atoms with E-state index in [1.807, 2.05) is 0 Å². The minimum Gasteiger partial charge on any atom is -0.347 e. The molecule has 1 amide bonds. The van der Waals surface area contributed by atoms with E-state index in [1.165, 1.54) is 19.3 Å². The fraction of sp³-hybridized carbons (Fsp3) is 0.562. The normalized spacial score (nSPS) is 18.5. The van der Waals surface area contributed by atoms with Gasteiger partial charge in [0.2, 0.25) is 23.4 Å². The van der Waals surface area contributed by atoms with Crippen LogP contribution in [-0.4, -0.2) is 50.5 Å². The third-order valence-electron chi connectivity index (χ3n) is 4.30. The molecule has 128 valence electrons. The number of nitrogens with zero attached hydrogens (tertiary/aromatic N) is 5. The van der Waals surface area contributed by atoms with Gasteiger partial charge in [-0.05, 0) is 38.9 Å². The Morgan fingerprint density at radius 1 is 1.33 bits per heavy atom. The number of hydrogen-bond acceptors (Lipinski definition) is 7. The molecule has 2 aromatic heterocycles. The maximum absolute atomic E-state index is 12.0. The second-order valence-electron chi connectivity index (χ2n) is 6.03. The Balaban J connectivity index is 1.44. The molecule has 3 heterocycles. The standard InChI is InChI=1S/C16H22N6O2/c1-22-10-3-2-5-12(22)6-7-13(23)19-11-14-20-16(21-24-14)15-17-8-4-9-18-15/h4,8-9,12H,2-3,5-7,10-11H2,1H3,(H,19,23)/t12-/m0/s1. The van der Waals surface area contributed by atoms with Crippen molar-refractivity contribution in [1.82, 2.24) is 30.3 Å². The summed E-state index contributed by atoms with van der Waals surface area (Å²) in [6.45, 7) is 1.35. The first kappa shape index (κ1) is 16.5. The Morgan fingerprint density at radius 2 is 2.17 bits per heavy atom. The number of piperidine rings is 1. The van der Waals surface area contributed by atoms with Crippen LogP contribution in [0.25, 0.3) is 11.6 Å². The van der Waals surface area contributed by atoms with E-state index >= 15 is 0 Å². The van der Waals surface area contributed by atoms with E-state index in [0.29, 0.717) is 30.0 Å². The van der Waals surface area contributed by atoms with Crippen molar-refractivity contribution >= 4 is 5.91 Å². The van der Waals surface area contributed by atoms with Gasteiger partial charge in [-0.15, -0.1) is 0 Å². The molecule has 1 aliphatic rings. The maximum atomic E-state index is 12.0. The molecule has 3 rings (SSSR count). The zero-order valence-corrected chi connectivity index (χ0v) is 13.8. The Labute approximate surface area is 140 Å². The molecule has 1 fully saturated rings. The van der Waals surface area contributed by atoms with E-state index in [1.54, 1.807) is 18.5 Å². The number of nitrogens with one attached hydrogen (secondary N) is 1. The van der Waals surface area contributed by atoms with Crippen molar-refractivity contribution in [1.29, 1.82) is 0 Å². The number of likely N-dealkylation sites (tertiary alicyclic amines) is 1. The van der Waals surface area contributed by atoms with Gasteiger partial charge in [-0.25, -0.2) is 9.97 Å². The van der Waals surface area contributed by atoms with E-state index in [2.05, 4.69) is 37.4 Å². The van der Waals surface area contributed by atoms with Crippen molar-refractivity contribution in [3.05, 3.63) is 24.4 Å². The van der Waals surface area contributed by atoms with Crippen LogP contribution in [0.4, 0.5) is 0 Å². The van der Waals surface area contributed by atoms with E-state index in [4.69, 9.17) is 4.52 Å². The minimum atomic E-state index is 0.00434. The van der Waals surface area contributed by atoms with E-state index in [9.17, 15) is 4.79 Å². The third kappa shape index (κ3) is 4.35. The van der Waals surface area contributed by atoms with Gasteiger partial charge in [-0.1, -0.05) is 11.6 Å². The fourth-order valence-corrected chi connectivity index (χ4v) is 2.90. The topological polar surface area (TPSA) is 97.0 Å². The molecule has 1 aliphatic heterocycles. The quantitative estimate of drug-likeness (QED) is 0.855. The lowest BCUT2D eigenvalue weighted by Crippen LogP contribution is -2.37. The number of rotatable bonds is 6. The summed E-state index contributed by atoms with van der Waals surface area (Å²) in [7, 11) is 2.13. The van der Waals surface area contributed by atoms with Crippen LogP contribution in [0.2, 0.25) is 0 Å². The van der Waals surface area contributed by atoms with Crippen molar-refractivity contribution in [3.63, 3.8) is 0 Å². The van der Waals surface area contributed by atoms with Gasteiger partial charge in [0.25, 0.3) is 0 Å². The summed E-state index contributed by atoms with van der Waals surface area (Å²) in [4.78, 5) is 26.7. The van der Waals surface area contributed by atoms with Gasteiger partial charge in [-0.3, -0.25) is 4.79 Å². The van der Waals surface area contributed by atoms with Crippen LogP contribution >= 0.6 is 0 Å². The van der Waals surface area contributed by atoms with E-state index < -0.39 is 0 Å². The summed E-state index contributed by atoms with van der Waals surface area (Å²) < 4.78 is 5.12. The number of carbonyl (C=O) groups excluding carboxylic acids is 1. The van der Waals surface area contributed by atoms with Crippen LogP contribution in [0.15, 0.2) is 23.0 Å². The minimum absolute atomic E-state index is 0.00434. The molecule has 1 saturated heterocycles. The van der Waals surface area contributed by atoms with Crippen molar-refractivity contribution in [2.24, 2.45) is 0 Å². The summed E-state index contributed by atoms with van der Waals surface area (Å²) >= 11 is 0. The summed E-state index contributed by atoms with van der Waals surface area (Å²) in [5.41, 5.74) is 0. The molecule has 1 N–H and O–H groups in total. The van der Waals surface area contributed by atoms with Gasteiger partial charge in [0.1, 0.15) is 0 Å². The molecular formula is C16H22N6O2. The van der Waals surface area contributed by atoms with Crippen molar-refractivity contribution in [2.45, 2.75) is 44.7 Å². The summed E-state index contributed by atoms with van der Waals surface area (Å²) in [6.07, 6.45) is 8.30. The highest BCUT2D eigenvalue weighted by Crippen LogP contribution is 2.18. The van der Waals surface area contributed by atoms with Gasteiger partial charge >= 0.3 is 0 Å². The molecule has 0 aliphatic carbocycles. The van der Waals surface area contributed by atoms with Crippen LogP contribution in [0.3, 0.4) is 0 Å². The first-order valence-electron chi connectivity index (χ1n) is 8.29. The average Bonchev–Trinajstić information content (AvgIpc) is 3.09. The molecule has 8 nitrogen and oxygen atoms in total. The zero-order valence-electron chi connectivity index (χ0n) is 13.8. The molecule has 0 spiro atoms. The summed E-state index contributed by atoms with van der Waals surface area (Å²) in [5, 5.41) is 6.65. The largest absolute Gasteiger partial charge is 0.347 e. The smallest absolute Gasteiger partial charge is 0.246 e. The SMILES string of the molecule is CN1CCCC[C@H]1CCC(=O)NCc1nc(-c2ncccn2)no1. The first-order chi connectivity index (χ1) is 11.7. The van der Waals surface area contributed by atoms with Crippen LogP contribution in [0.1, 0.15) is 38.0 Å². The fourth-order valence-electron chi connectivity index (χ4n) is 2.90. The van der Waals surface area contributed by atoms with Gasteiger partial charge in [0.05, 0.1) is 6.54 Å². The number of aromatic nitrogens is 4. The highest BCUT2D eigenvalue weighted by atomic mass is 16.5. The molecule has 0 radical (unpaired) electrons. The molecule has 24 heavy (non-hydrogen) atoms. The zero-order chi connectivity index (χ0) is 16.8. The predicted octanol–water partition coefficient (Wildman–Crippen LogP) is 1.41. The van der Waals surface area contributed by atoms with E-state index in [-0.39, 0.29) is 12.5 Å². The van der Waals surface area contributed by atoms with Crippen molar-refractivity contribution in [2.75, 3.05) is 13.6 Å². The summed E-state index contributed by atoms with van der Waals surface area (Å²) in [6, 6.07) is 2.23. The van der Waals surface area contributed by atoms with Gasteiger partial charge in [0.15, 0.2) is 0 Å². The second-order valence-corrected chi connectivity index (χ2v) is 6.03. The van der Waals surface area contributed by atoms with Crippen molar-refractivity contribution in [3.8, 4) is 11.6 Å². The van der Waals surface area contributed by atoms with Gasteiger partial charge in [-0.2, -0.15) is 4.98 Å². The second kappa shape index (κ2) is 7.96. The van der Waals surface area contributed by atoms with Crippen LogP contribution in [0, 0.1) is 0 Å². The Bertz CT molecular complexity index is 660.